The highest BCUT2D eigenvalue weighted by Gasteiger charge is 2.30. The van der Waals surface area contributed by atoms with Gasteiger partial charge in [-0.25, -0.2) is 0 Å². The number of nitrogens with one attached hydrogen (secondary N) is 1. The topological polar surface area (TPSA) is 77.1 Å². The molecule has 0 radical (unpaired) electrons. The third-order valence-corrected chi connectivity index (χ3v) is 6.55. The number of rotatable bonds is 6. The van der Waals surface area contributed by atoms with Crippen molar-refractivity contribution in [2.75, 3.05) is 25.3 Å². The molecule has 172 valence electrons. The van der Waals surface area contributed by atoms with Crippen molar-refractivity contribution in [1.82, 2.24) is 5.32 Å². The molecule has 0 fully saturated rings. The number of hydrogen-bond acceptors (Lipinski definition) is 6. The Labute approximate surface area is 201 Å². The minimum Gasteiger partial charge on any atom is -0.497 e. The van der Waals surface area contributed by atoms with Crippen molar-refractivity contribution in [3.63, 3.8) is 0 Å². The molecule has 0 saturated heterocycles. The number of carbonyl (C=O) groups excluding carboxylic acids is 2. The predicted octanol–water partition coefficient (Wildman–Crippen LogP) is 4.22. The van der Waals surface area contributed by atoms with Crippen LogP contribution in [0.4, 0.5) is 5.69 Å². The molecule has 34 heavy (non-hydrogen) atoms. The number of nitrogens with zero attached hydrogens (tertiary/aromatic N) is 1. The highest BCUT2D eigenvalue weighted by Crippen LogP contribution is 2.42. The van der Waals surface area contributed by atoms with Gasteiger partial charge in [-0.2, -0.15) is 0 Å². The monoisotopic (exact) mass is 474 g/mol. The second-order valence-corrected chi connectivity index (χ2v) is 8.79. The zero-order valence-corrected chi connectivity index (χ0v) is 19.3. The van der Waals surface area contributed by atoms with Crippen LogP contribution in [0.15, 0.2) is 76.5 Å². The van der Waals surface area contributed by atoms with E-state index in [0.29, 0.717) is 22.9 Å². The molecular formula is C26H22N2O5S. The first kappa shape index (κ1) is 21.9. The Kier molecular flexibility index (Phi) is 6.14. The van der Waals surface area contributed by atoms with E-state index in [0.717, 1.165) is 27.5 Å². The lowest BCUT2D eigenvalue weighted by atomic mass is 10.2. The van der Waals surface area contributed by atoms with E-state index in [-0.39, 0.29) is 25.2 Å². The van der Waals surface area contributed by atoms with Crippen molar-refractivity contribution in [1.29, 1.82) is 0 Å². The number of hydrogen-bond donors (Lipinski definition) is 1. The number of ether oxygens (including phenoxy) is 3. The average Bonchev–Trinajstić information content (AvgIpc) is 3.34. The molecule has 0 spiro atoms. The molecule has 0 atom stereocenters. The molecule has 5 rings (SSSR count). The molecule has 3 aromatic rings. The van der Waals surface area contributed by atoms with Gasteiger partial charge in [0.25, 0.3) is 5.91 Å². The summed E-state index contributed by atoms with van der Waals surface area (Å²) in [6.07, 6.45) is 1.83. The zero-order chi connectivity index (χ0) is 23.5. The summed E-state index contributed by atoms with van der Waals surface area (Å²) in [5, 5.41) is 2.90. The van der Waals surface area contributed by atoms with Gasteiger partial charge < -0.3 is 19.5 Å². The van der Waals surface area contributed by atoms with Gasteiger partial charge in [-0.1, -0.05) is 42.1 Å². The van der Waals surface area contributed by atoms with E-state index in [1.54, 1.807) is 7.11 Å². The maximum Gasteiger partial charge on any atom is 0.265 e. The zero-order valence-electron chi connectivity index (χ0n) is 18.4. The molecule has 0 aliphatic carbocycles. The first-order valence-electron chi connectivity index (χ1n) is 10.7. The molecule has 0 unspecified atom stereocenters. The van der Waals surface area contributed by atoms with Crippen LogP contribution in [0.3, 0.4) is 0 Å². The van der Waals surface area contributed by atoms with E-state index >= 15 is 0 Å². The van der Waals surface area contributed by atoms with Crippen molar-refractivity contribution < 1.29 is 23.8 Å². The summed E-state index contributed by atoms with van der Waals surface area (Å²) in [7, 11) is 1.61. The van der Waals surface area contributed by atoms with E-state index in [2.05, 4.69) is 5.32 Å². The van der Waals surface area contributed by atoms with Crippen molar-refractivity contribution in [2.24, 2.45) is 0 Å². The molecule has 8 heteroatoms. The van der Waals surface area contributed by atoms with E-state index in [9.17, 15) is 9.59 Å². The van der Waals surface area contributed by atoms with Gasteiger partial charge in [0.15, 0.2) is 11.5 Å². The van der Waals surface area contributed by atoms with Crippen LogP contribution < -0.4 is 24.4 Å². The Hall–Kier alpha value is -3.91. The number of fused-ring (bicyclic) bond motifs is 2. The van der Waals surface area contributed by atoms with Gasteiger partial charge in [-0.15, -0.1) is 0 Å². The van der Waals surface area contributed by atoms with Gasteiger partial charge in [-0.05, 0) is 53.6 Å². The van der Waals surface area contributed by atoms with Crippen LogP contribution in [0.5, 0.6) is 17.2 Å². The first-order valence-corrected chi connectivity index (χ1v) is 11.5. The minimum atomic E-state index is -0.253. The molecule has 2 aliphatic rings. The Bertz CT molecular complexity index is 1270. The molecule has 2 amide bonds. The summed E-state index contributed by atoms with van der Waals surface area (Å²) in [5.41, 5.74) is 2.49. The van der Waals surface area contributed by atoms with Crippen molar-refractivity contribution in [3.8, 4) is 17.2 Å². The quantitative estimate of drug-likeness (QED) is 0.539. The number of methoxy groups -OCH3 is 1. The van der Waals surface area contributed by atoms with Crippen LogP contribution in [0.25, 0.3) is 6.08 Å². The lowest BCUT2D eigenvalue weighted by Gasteiger charge is -2.29. The predicted molar refractivity (Wildman–Crippen MR) is 130 cm³/mol. The number of anilines is 1. The van der Waals surface area contributed by atoms with E-state index < -0.39 is 0 Å². The van der Waals surface area contributed by atoms with Gasteiger partial charge in [-0.3, -0.25) is 14.5 Å². The SMILES string of the molecule is COc1ccc(C=C2Sc3ccccc3N(CC(=O)NCc3ccc4c(c3)OCO4)C2=O)cc1. The summed E-state index contributed by atoms with van der Waals surface area (Å²) in [5.74, 6) is 1.64. The van der Waals surface area contributed by atoms with E-state index in [1.165, 1.54) is 16.7 Å². The second kappa shape index (κ2) is 9.52. The molecule has 0 bridgehead atoms. The van der Waals surface area contributed by atoms with Gasteiger partial charge in [0.05, 0.1) is 17.7 Å². The Balaban J connectivity index is 1.32. The summed E-state index contributed by atoms with van der Waals surface area (Å²) < 4.78 is 15.9. The fraction of sp³-hybridized carbons (Fsp3) is 0.154. The van der Waals surface area contributed by atoms with Gasteiger partial charge in [0.1, 0.15) is 12.3 Å². The third-order valence-electron chi connectivity index (χ3n) is 5.47. The normalized spacial score (nSPS) is 15.3. The van der Waals surface area contributed by atoms with Crippen molar-refractivity contribution in [2.45, 2.75) is 11.4 Å². The largest absolute Gasteiger partial charge is 0.497 e. The number of benzene rings is 3. The van der Waals surface area contributed by atoms with Crippen molar-refractivity contribution in [3.05, 3.63) is 82.8 Å². The Morgan fingerprint density at radius 2 is 1.88 bits per heavy atom. The van der Waals surface area contributed by atoms with E-state index in [1.807, 2.05) is 72.8 Å². The van der Waals surface area contributed by atoms with Gasteiger partial charge >= 0.3 is 0 Å². The standard InChI is InChI=1S/C26H22N2O5S/c1-31-19-9-6-17(7-10-19)13-24-26(30)28(20-4-2-3-5-23(20)34-24)15-25(29)27-14-18-8-11-21-22(12-18)33-16-32-21/h2-13H,14-16H2,1H3,(H,27,29). The number of amides is 2. The van der Waals surface area contributed by atoms with Gasteiger partial charge in [0, 0.05) is 11.4 Å². The maximum atomic E-state index is 13.4. The van der Waals surface area contributed by atoms with E-state index in [4.69, 9.17) is 14.2 Å². The molecule has 0 aromatic heterocycles. The van der Waals surface area contributed by atoms with Crippen LogP contribution in [-0.2, 0) is 16.1 Å². The highest BCUT2D eigenvalue weighted by atomic mass is 32.2. The van der Waals surface area contributed by atoms with Crippen molar-refractivity contribution >= 4 is 35.3 Å². The Morgan fingerprint density at radius 3 is 2.71 bits per heavy atom. The minimum absolute atomic E-state index is 0.0824. The lowest BCUT2D eigenvalue weighted by molar-refractivity contribution is -0.122. The molecule has 7 nitrogen and oxygen atoms in total. The fourth-order valence-electron chi connectivity index (χ4n) is 3.72. The lowest BCUT2D eigenvalue weighted by Crippen LogP contribution is -2.42. The summed E-state index contributed by atoms with van der Waals surface area (Å²) >= 11 is 1.40. The summed E-state index contributed by atoms with van der Waals surface area (Å²) in [6.45, 7) is 0.440. The smallest absolute Gasteiger partial charge is 0.265 e. The molecule has 3 aromatic carbocycles. The van der Waals surface area contributed by atoms with Crippen LogP contribution in [-0.4, -0.2) is 32.3 Å². The summed E-state index contributed by atoms with van der Waals surface area (Å²) in [6, 6.07) is 20.6. The summed E-state index contributed by atoms with van der Waals surface area (Å²) in [4.78, 5) is 29.2. The molecular weight excluding hydrogens is 452 g/mol. The number of thioether (sulfide) groups is 1. The first-order chi connectivity index (χ1) is 16.6. The number of para-hydroxylation sites is 1. The Morgan fingerprint density at radius 1 is 1.09 bits per heavy atom. The van der Waals surface area contributed by atoms with Crippen LogP contribution in [0, 0.1) is 0 Å². The molecule has 2 heterocycles. The molecule has 1 N–H and O–H groups in total. The fourth-order valence-corrected chi connectivity index (χ4v) is 4.78. The second-order valence-electron chi connectivity index (χ2n) is 7.71. The third kappa shape index (κ3) is 4.58. The number of carbonyl (C=O) groups is 2. The average molecular weight is 475 g/mol. The van der Waals surface area contributed by atoms with Crippen LogP contribution >= 0.6 is 11.8 Å². The maximum absolute atomic E-state index is 13.4. The van der Waals surface area contributed by atoms with Crippen LogP contribution in [0.2, 0.25) is 0 Å². The van der Waals surface area contributed by atoms with Gasteiger partial charge in [0.2, 0.25) is 12.7 Å². The molecule has 0 saturated carbocycles. The van der Waals surface area contributed by atoms with Crippen LogP contribution in [0.1, 0.15) is 11.1 Å². The highest BCUT2D eigenvalue weighted by molar-refractivity contribution is 8.04. The molecule has 2 aliphatic heterocycles.